The van der Waals surface area contributed by atoms with Gasteiger partial charge in [-0.25, -0.2) is 0 Å². The summed E-state index contributed by atoms with van der Waals surface area (Å²) < 4.78 is 0. The summed E-state index contributed by atoms with van der Waals surface area (Å²) in [6.45, 7) is 8.21. The summed E-state index contributed by atoms with van der Waals surface area (Å²) in [6.07, 6.45) is 3.83. The number of rotatable bonds is 9. The molecule has 0 amide bonds. The maximum Gasteiger partial charge on any atom is 0.191 e. The van der Waals surface area contributed by atoms with E-state index in [1.807, 2.05) is 30.3 Å². The number of aliphatic imine (C=N–C) groups is 1. The van der Waals surface area contributed by atoms with Gasteiger partial charge in [-0.15, -0.1) is 0 Å². The lowest BCUT2D eigenvalue weighted by Crippen LogP contribution is -2.39. The summed E-state index contributed by atoms with van der Waals surface area (Å²) >= 11 is 0. The number of nitrogens with zero attached hydrogens (tertiary/aromatic N) is 2. The smallest absolute Gasteiger partial charge is 0.191 e. The third-order valence-electron chi connectivity index (χ3n) is 4.45. The van der Waals surface area contributed by atoms with Crippen molar-refractivity contribution >= 4 is 5.96 Å². The van der Waals surface area contributed by atoms with Crippen LogP contribution in [0.4, 0.5) is 0 Å². The monoisotopic (exact) mass is 332 g/mol. The third kappa shape index (κ3) is 6.49. The first-order chi connectivity index (χ1) is 11.8. The summed E-state index contributed by atoms with van der Waals surface area (Å²) in [5.74, 6) is 0.888. The molecule has 1 aliphatic rings. The van der Waals surface area contributed by atoms with Crippen LogP contribution in [0.1, 0.15) is 37.7 Å². The zero-order chi connectivity index (χ0) is 17.0. The zero-order valence-corrected chi connectivity index (χ0v) is 14.9. The van der Waals surface area contributed by atoms with E-state index in [2.05, 4.69) is 27.4 Å². The highest BCUT2D eigenvalue weighted by Crippen LogP contribution is 2.14. The maximum atomic E-state index is 9.64. The van der Waals surface area contributed by atoms with Crippen molar-refractivity contribution in [2.45, 2.75) is 32.1 Å². The van der Waals surface area contributed by atoms with Gasteiger partial charge in [0, 0.05) is 19.0 Å². The Morgan fingerprint density at radius 1 is 1.21 bits per heavy atom. The van der Waals surface area contributed by atoms with Gasteiger partial charge in [0.15, 0.2) is 5.96 Å². The highest BCUT2D eigenvalue weighted by Gasteiger charge is 2.11. The lowest BCUT2D eigenvalue weighted by atomic mass is 10.0. The molecule has 0 spiro atoms. The number of guanidine groups is 1. The first-order valence-corrected chi connectivity index (χ1v) is 9.23. The van der Waals surface area contributed by atoms with Crippen molar-refractivity contribution in [1.29, 1.82) is 0 Å². The highest BCUT2D eigenvalue weighted by molar-refractivity contribution is 5.79. The molecule has 0 radical (unpaired) electrons. The fourth-order valence-corrected chi connectivity index (χ4v) is 3.05. The molecule has 24 heavy (non-hydrogen) atoms. The molecule has 0 aliphatic carbocycles. The van der Waals surface area contributed by atoms with Gasteiger partial charge in [0.05, 0.1) is 13.2 Å². The van der Waals surface area contributed by atoms with Gasteiger partial charge in [-0.3, -0.25) is 4.99 Å². The molecule has 1 heterocycles. The van der Waals surface area contributed by atoms with Crippen LogP contribution >= 0.6 is 0 Å². The first kappa shape index (κ1) is 18.7. The quantitative estimate of drug-likeness (QED) is 0.367. The molecule has 134 valence electrons. The predicted molar refractivity (Wildman–Crippen MR) is 101 cm³/mol. The van der Waals surface area contributed by atoms with Crippen molar-refractivity contribution in [2.24, 2.45) is 4.99 Å². The summed E-state index contributed by atoms with van der Waals surface area (Å²) in [4.78, 5) is 7.18. The molecule has 1 fully saturated rings. The summed E-state index contributed by atoms with van der Waals surface area (Å²) in [5.41, 5.74) is 1.13. The minimum absolute atomic E-state index is 0.0475. The van der Waals surface area contributed by atoms with E-state index in [4.69, 9.17) is 0 Å². The fourth-order valence-electron chi connectivity index (χ4n) is 3.05. The van der Waals surface area contributed by atoms with E-state index in [0.29, 0.717) is 6.54 Å². The Morgan fingerprint density at radius 3 is 2.62 bits per heavy atom. The average Bonchev–Trinajstić information content (AvgIpc) is 3.13. The lowest BCUT2D eigenvalue weighted by Gasteiger charge is -2.17. The molecule has 1 aromatic rings. The Morgan fingerprint density at radius 2 is 1.96 bits per heavy atom. The van der Waals surface area contributed by atoms with Crippen molar-refractivity contribution < 1.29 is 5.11 Å². The molecule has 5 nitrogen and oxygen atoms in total. The van der Waals surface area contributed by atoms with Crippen LogP contribution in [-0.4, -0.2) is 61.8 Å². The first-order valence-electron chi connectivity index (χ1n) is 9.23. The van der Waals surface area contributed by atoms with E-state index in [1.54, 1.807) is 0 Å². The molecule has 1 saturated heterocycles. The van der Waals surface area contributed by atoms with E-state index >= 15 is 0 Å². The number of hydrogen-bond donors (Lipinski definition) is 3. The Hall–Kier alpha value is -1.59. The van der Waals surface area contributed by atoms with Crippen LogP contribution < -0.4 is 10.6 Å². The molecular formula is C19H32N4O. The predicted octanol–water partition coefficient (Wildman–Crippen LogP) is 1.80. The molecule has 5 heteroatoms. The Labute approximate surface area is 146 Å². The normalized spacial score (nSPS) is 17.0. The van der Waals surface area contributed by atoms with Gasteiger partial charge in [0.2, 0.25) is 0 Å². The molecule has 1 aromatic carbocycles. The summed E-state index contributed by atoms with van der Waals surface area (Å²) in [5, 5.41) is 16.3. The van der Waals surface area contributed by atoms with E-state index in [-0.39, 0.29) is 12.5 Å². The summed E-state index contributed by atoms with van der Waals surface area (Å²) in [7, 11) is 0. The third-order valence-corrected chi connectivity index (χ3v) is 4.45. The summed E-state index contributed by atoms with van der Waals surface area (Å²) in [6, 6.07) is 10.1. The van der Waals surface area contributed by atoms with E-state index < -0.39 is 0 Å². The molecule has 0 bridgehead atoms. The van der Waals surface area contributed by atoms with Crippen molar-refractivity contribution in [1.82, 2.24) is 15.5 Å². The van der Waals surface area contributed by atoms with E-state index in [9.17, 15) is 5.11 Å². The van der Waals surface area contributed by atoms with Gasteiger partial charge in [-0.2, -0.15) is 0 Å². The van der Waals surface area contributed by atoms with Crippen LogP contribution in [0.25, 0.3) is 0 Å². The van der Waals surface area contributed by atoms with Crippen molar-refractivity contribution in [2.75, 3.05) is 45.9 Å². The Bertz CT molecular complexity index is 472. The second-order valence-corrected chi connectivity index (χ2v) is 6.34. The lowest BCUT2D eigenvalue weighted by molar-refractivity contribution is 0.268. The van der Waals surface area contributed by atoms with Gasteiger partial charge in [0.1, 0.15) is 0 Å². The maximum absolute atomic E-state index is 9.64. The van der Waals surface area contributed by atoms with E-state index in [0.717, 1.165) is 37.6 Å². The largest absolute Gasteiger partial charge is 0.396 e. The van der Waals surface area contributed by atoms with Crippen molar-refractivity contribution in [3.63, 3.8) is 0 Å². The number of likely N-dealkylation sites (tertiary alicyclic amines) is 1. The van der Waals surface area contributed by atoms with Crippen LogP contribution in [0.2, 0.25) is 0 Å². The number of aliphatic hydroxyl groups excluding tert-OH is 1. The van der Waals surface area contributed by atoms with Crippen LogP contribution in [0.5, 0.6) is 0 Å². The van der Waals surface area contributed by atoms with Gasteiger partial charge >= 0.3 is 0 Å². The molecule has 0 saturated carbocycles. The second kappa shape index (κ2) is 11.0. The fraction of sp³-hybridized carbons (Fsp3) is 0.632. The molecule has 1 aliphatic heterocycles. The van der Waals surface area contributed by atoms with Crippen LogP contribution in [0.3, 0.4) is 0 Å². The SMILES string of the molecule is CCNC(=NCC(CO)c1ccccc1)NCCCN1CCCC1. The van der Waals surface area contributed by atoms with Crippen molar-refractivity contribution in [3.05, 3.63) is 35.9 Å². The minimum atomic E-state index is 0.0475. The Kier molecular flexibility index (Phi) is 8.63. The molecular weight excluding hydrogens is 300 g/mol. The zero-order valence-electron chi connectivity index (χ0n) is 14.9. The van der Waals surface area contributed by atoms with Gasteiger partial charge in [0.25, 0.3) is 0 Å². The topological polar surface area (TPSA) is 59.9 Å². The molecule has 0 aromatic heterocycles. The van der Waals surface area contributed by atoms with Gasteiger partial charge in [-0.05, 0) is 51.4 Å². The highest BCUT2D eigenvalue weighted by atomic mass is 16.3. The molecule has 1 unspecified atom stereocenters. The van der Waals surface area contributed by atoms with Crippen LogP contribution in [-0.2, 0) is 0 Å². The van der Waals surface area contributed by atoms with Crippen molar-refractivity contribution in [3.8, 4) is 0 Å². The standard InChI is InChI=1S/C19H32N4O/c1-2-20-19(21-11-8-14-23-12-6-7-13-23)22-15-18(16-24)17-9-4-3-5-10-17/h3-5,9-10,18,24H,2,6-8,11-16H2,1H3,(H2,20,21,22). The van der Waals surface area contributed by atoms with E-state index in [1.165, 1.54) is 25.9 Å². The Balaban J connectivity index is 1.78. The number of nitrogens with one attached hydrogen (secondary N) is 2. The van der Waals surface area contributed by atoms with Gasteiger partial charge < -0.3 is 20.6 Å². The molecule has 2 rings (SSSR count). The average molecular weight is 332 g/mol. The second-order valence-electron chi connectivity index (χ2n) is 6.34. The molecule has 1 atom stereocenters. The van der Waals surface area contributed by atoms with Gasteiger partial charge in [-0.1, -0.05) is 30.3 Å². The minimum Gasteiger partial charge on any atom is -0.396 e. The number of aliphatic hydroxyl groups is 1. The van der Waals surface area contributed by atoms with Crippen LogP contribution in [0.15, 0.2) is 35.3 Å². The van der Waals surface area contributed by atoms with Crippen LogP contribution in [0, 0.1) is 0 Å². The number of benzene rings is 1. The molecule has 3 N–H and O–H groups in total. The number of hydrogen-bond acceptors (Lipinski definition) is 3.